The largest absolute Gasteiger partial charge is 0.339 e. The third kappa shape index (κ3) is 2.92. The van der Waals surface area contributed by atoms with Crippen molar-refractivity contribution < 1.29 is 9.45 Å². The van der Waals surface area contributed by atoms with Gasteiger partial charge in [0, 0.05) is 29.7 Å². The van der Waals surface area contributed by atoms with Gasteiger partial charge in [-0.15, -0.1) is 0 Å². The van der Waals surface area contributed by atoms with E-state index in [2.05, 4.69) is 22.4 Å². The Kier molecular flexibility index (Phi) is 3.66. The maximum atomic E-state index is 10.6. The number of nitrogens with zero attached hydrogens (tertiary/aromatic N) is 3. The van der Waals surface area contributed by atoms with Crippen LogP contribution < -0.4 is 5.32 Å². The zero-order valence-corrected chi connectivity index (χ0v) is 11.7. The van der Waals surface area contributed by atoms with Crippen LogP contribution in [-0.4, -0.2) is 27.7 Å². The van der Waals surface area contributed by atoms with Crippen molar-refractivity contribution in [2.24, 2.45) is 0 Å². The van der Waals surface area contributed by atoms with Crippen molar-refractivity contribution in [3.63, 3.8) is 0 Å². The Labute approximate surface area is 121 Å². The molecule has 7 nitrogen and oxygen atoms in total. The molecule has 1 fully saturated rings. The first-order valence-electron chi connectivity index (χ1n) is 6.95. The average Bonchev–Trinajstić information content (AvgIpc) is 2.97. The van der Waals surface area contributed by atoms with Crippen molar-refractivity contribution in [3.05, 3.63) is 40.3 Å². The van der Waals surface area contributed by atoms with E-state index in [1.54, 1.807) is 12.1 Å². The number of aromatic nitrogens is 2. The molecule has 110 valence electrons. The zero-order chi connectivity index (χ0) is 14.8. The zero-order valence-electron chi connectivity index (χ0n) is 11.7. The van der Waals surface area contributed by atoms with Gasteiger partial charge in [-0.05, 0) is 38.4 Å². The van der Waals surface area contributed by atoms with Crippen LogP contribution in [0.25, 0.3) is 11.4 Å². The van der Waals surface area contributed by atoms with Gasteiger partial charge in [-0.3, -0.25) is 10.1 Å². The van der Waals surface area contributed by atoms with E-state index in [4.69, 9.17) is 4.52 Å². The summed E-state index contributed by atoms with van der Waals surface area (Å²) in [6.45, 7) is 3.08. The van der Waals surface area contributed by atoms with Crippen LogP contribution >= 0.6 is 0 Å². The van der Waals surface area contributed by atoms with Gasteiger partial charge in [0.15, 0.2) is 0 Å². The fourth-order valence-electron chi connectivity index (χ4n) is 2.61. The number of nitrogens with one attached hydrogen (secondary N) is 1. The molecular weight excluding hydrogens is 272 g/mol. The number of hydrogen-bond donors (Lipinski definition) is 1. The molecular formula is C14H16N4O3. The van der Waals surface area contributed by atoms with E-state index in [1.807, 2.05) is 0 Å². The molecule has 1 saturated heterocycles. The summed E-state index contributed by atoms with van der Waals surface area (Å²) in [5.74, 6) is 1.41. The molecule has 2 heterocycles. The van der Waals surface area contributed by atoms with Gasteiger partial charge in [0.05, 0.1) is 4.92 Å². The maximum absolute atomic E-state index is 10.6. The molecule has 1 N–H and O–H groups in total. The molecule has 7 heteroatoms. The quantitative estimate of drug-likeness (QED) is 0.688. The van der Waals surface area contributed by atoms with Crippen LogP contribution in [0.4, 0.5) is 5.69 Å². The first-order chi connectivity index (χ1) is 10.1. The molecule has 0 spiro atoms. The van der Waals surface area contributed by atoms with Gasteiger partial charge < -0.3 is 9.84 Å². The second-order valence-electron chi connectivity index (χ2n) is 5.34. The number of hydrogen-bond acceptors (Lipinski definition) is 6. The van der Waals surface area contributed by atoms with Crippen molar-refractivity contribution in [2.75, 3.05) is 6.54 Å². The second-order valence-corrected chi connectivity index (χ2v) is 5.34. The fraction of sp³-hybridized carbons (Fsp3) is 0.429. The molecule has 0 bridgehead atoms. The molecule has 1 aromatic carbocycles. The molecule has 2 atom stereocenters. The average molecular weight is 288 g/mol. The van der Waals surface area contributed by atoms with E-state index in [0.29, 0.717) is 17.8 Å². The highest BCUT2D eigenvalue weighted by atomic mass is 16.6. The lowest BCUT2D eigenvalue weighted by atomic mass is 9.93. The Balaban J connectivity index is 1.79. The van der Waals surface area contributed by atoms with Crippen molar-refractivity contribution >= 4 is 5.69 Å². The molecule has 3 rings (SSSR count). The Bertz CT molecular complexity index is 638. The smallest absolute Gasteiger partial charge is 0.269 e. The molecule has 2 aromatic rings. The van der Waals surface area contributed by atoms with Gasteiger partial charge in [-0.2, -0.15) is 4.98 Å². The standard InChI is InChI=1S/C14H16N4O3/c1-9-8-11(6-7-15-9)14-16-13(17-21-14)10-2-4-12(5-3-10)18(19)20/h2-5,9,11,15H,6-8H2,1H3. The summed E-state index contributed by atoms with van der Waals surface area (Å²) in [5, 5.41) is 18.0. The number of nitro groups is 1. The molecule has 0 radical (unpaired) electrons. The van der Waals surface area contributed by atoms with Crippen molar-refractivity contribution in [3.8, 4) is 11.4 Å². The summed E-state index contributed by atoms with van der Waals surface area (Å²) in [6, 6.07) is 6.60. The van der Waals surface area contributed by atoms with E-state index in [9.17, 15) is 10.1 Å². The van der Waals surface area contributed by atoms with E-state index >= 15 is 0 Å². The minimum absolute atomic E-state index is 0.0506. The highest BCUT2D eigenvalue weighted by molar-refractivity contribution is 5.56. The number of rotatable bonds is 3. The number of benzene rings is 1. The maximum Gasteiger partial charge on any atom is 0.269 e. The van der Waals surface area contributed by atoms with Crippen LogP contribution in [0.2, 0.25) is 0 Å². The van der Waals surface area contributed by atoms with Gasteiger partial charge in [-0.1, -0.05) is 5.16 Å². The summed E-state index contributed by atoms with van der Waals surface area (Å²) >= 11 is 0. The van der Waals surface area contributed by atoms with Crippen LogP contribution in [0, 0.1) is 10.1 Å². The summed E-state index contributed by atoms with van der Waals surface area (Å²) in [5.41, 5.74) is 0.771. The van der Waals surface area contributed by atoms with Crippen molar-refractivity contribution in [1.29, 1.82) is 0 Å². The first kappa shape index (κ1) is 13.7. The van der Waals surface area contributed by atoms with E-state index in [-0.39, 0.29) is 11.6 Å². The minimum Gasteiger partial charge on any atom is -0.339 e. The molecule has 1 aliphatic heterocycles. The van der Waals surface area contributed by atoms with Crippen LogP contribution in [0.5, 0.6) is 0 Å². The van der Waals surface area contributed by atoms with Gasteiger partial charge in [0.1, 0.15) is 0 Å². The summed E-state index contributed by atoms with van der Waals surface area (Å²) < 4.78 is 5.36. The highest BCUT2D eigenvalue weighted by Gasteiger charge is 2.25. The Hall–Kier alpha value is -2.28. The number of nitro benzene ring substituents is 1. The first-order valence-corrected chi connectivity index (χ1v) is 6.95. The Morgan fingerprint density at radius 3 is 2.81 bits per heavy atom. The van der Waals surface area contributed by atoms with Gasteiger partial charge >= 0.3 is 0 Å². The van der Waals surface area contributed by atoms with Crippen LogP contribution in [0.1, 0.15) is 31.6 Å². The normalized spacial score (nSPS) is 22.1. The Morgan fingerprint density at radius 1 is 1.38 bits per heavy atom. The lowest BCUT2D eigenvalue weighted by Gasteiger charge is -2.25. The summed E-state index contributed by atoms with van der Waals surface area (Å²) in [6.07, 6.45) is 1.95. The molecule has 1 aromatic heterocycles. The monoisotopic (exact) mass is 288 g/mol. The van der Waals surface area contributed by atoms with E-state index < -0.39 is 4.92 Å². The fourth-order valence-corrected chi connectivity index (χ4v) is 2.61. The predicted octanol–water partition coefficient (Wildman–Crippen LogP) is 2.50. The topological polar surface area (TPSA) is 94.1 Å². The molecule has 0 saturated carbocycles. The molecule has 0 amide bonds. The third-order valence-electron chi connectivity index (χ3n) is 3.75. The van der Waals surface area contributed by atoms with Crippen LogP contribution in [0.15, 0.2) is 28.8 Å². The molecule has 1 aliphatic rings. The van der Waals surface area contributed by atoms with Crippen LogP contribution in [0.3, 0.4) is 0 Å². The number of non-ortho nitro benzene ring substituents is 1. The molecule has 0 aliphatic carbocycles. The van der Waals surface area contributed by atoms with E-state index in [1.165, 1.54) is 12.1 Å². The lowest BCUT2D eigenvalue weighted by molar-refractivity contribution is -0.384. The minimum atomic E-state index is -0.429. The van der Waals surface area contributed by atoms with E-state index in [0.717, 1.165) is 24.9 Å². The predicted molar refractivity (Wildman–Crippen MR) is 75.8 cm³/mol. The summed E-state index contributed by atoms with van der Waals surface area (Å²) in [7, 11) is 0. The highest BCUT2D eigenvalue weighted by Crippen LogP contribution is 2.28. The lowest BCUT2D eigenvalue weighted by Crippen LogP contribution is -2.34. The molecule has 21 heavy (non-hydrogen) atoms. The van der Waals surface area contributed by atoms with Gasteiger partial charge in [0.2, 0.25) is 11.7 Å². The number of piperidine rings is 1. The van der Waals surface area contributed by atoms with Crippen LogP contribution in [-0.2, 0) is 0 Å². The van der Waals surface area contributed by atoms with Crippen molar-refractivity contribution in [1.82, 2.24) is 15.5 Å². The Morgan fingerprint density at radius 2 is 2.14 bits per heavy atom. The second kappa shape index (κ2) is 5.61. The SMILES string of the molecule is CC1CC(c2nc(-c3ccc([N+](=O)[O-])cc3)no2)CCN1. The van der Waals surface area contributed by atoms with Gasteiger partial charge in [0.25, 0.3) is 5.69 Å². The summed E-state index contributed by atoms with van der Waals surface area (Å²) in [4.78, 5) is 14.6. The third-order valence-corrected chi connectivity index (χ3v) is 3.75. The van der Waals surface area contributed by atoms with Gasteiger partial charge in [-0.25, -0.2) is 0 Å². The molecule has 2 unspecified atom stereocenters. The van der Waals surface area contributed by atoms with Crippen molar-refractivity contribution in [2.45, 2.75) is 31.7 Å².